The monoisotopic (exact) mass is 279 g/mol. The molecule has 0 unspecified atom stereocenters. The molecule has 3 nitrogen and oxygen atoms in total. The molecule has 1 aromatic heterocycles. The van der Waals surface area contributed by atoms with Crippen LogP contribution in [0.15, 0.2) is 47.3 Å². The lowest BCUT2D eigenvalue weighted by Crippen LogP contribution is -2.07. The minimum Gasteiger partial charge on any atom is -0.497 e. The highest BCUT2D eigenvalue weighted by Crippen LogP contribution is 2.26. The Bertz CT molecular complexity index is 878. The van der Waals surface area contributed by atoms with E-state index in [1.165, 1.54) is 0 Å². The van der Waals surface area contributed by atoms with Crippen LogP contribution in [0.3, 0.4) is 0 Å². The van der Waals surface area contributed by atoms with Gasteiger partial charge in [-0.25, -0.2) is 0 Å². The average molecular weight is 279 g/mol. The number of aryl methyl sites for hydroxylation is 2. The Kier molecular flexibility index (Phi) is 3.26. The topological polar surface area (TPSA) is 42.1 Å². The van der Waals surface area contributed by atoms with Crippen molar-refractivity contribution in [2.75, 3.05) is 7.11 Å². The second-order valence-corrected chi connectivity index (χ2v) is 5.28. The molecule has 1 N–H and O–H groups in total. The maximum absolute atomic E-state index is 12.2. The molecule has 0 aliphatic rings. The van der Waals surface area contributed by atoms with Gasteiger partial charge >= 0.3 is 0 Å². The normalized spacial score (nSPS) is 10.8. The Morgan fingerprint density at radius 1 is 1.00 bits per heavy atom. The summed E-state index contributed by atoms with van der Waals surface area (Å²) in [5, 5.41) is 1.68. The number of aromatic amines is 1. The molecule has 0 aliphatic heterocycles. The van der Waals surface area contributed by atoms with Crippen LogP contribution in [0.25, 0.3) is 22.0 Å². The molecule has 0 radical (unpaired) electrons. The molecule has 3 heteroatoms. The van der Waals surface area contributed by atoms with Crippen molar-refractivity contribution < 1.29 is 4.74 Å². The maximum atomic E-state index is 12.2. The van der Waals surface area contributed by atoms with Crippen LogP contribution >= 0.6 is 0 Å². The Hall–Kier alpha value is -2.55. The predicted octanol–water partition coefficient (Wildman–Crippen LogP) is 3.82. The van der Waals surface area contributed by atoms with E-state index in [9.17, 15) is 4.79 Å². The summed E-state index contributed by atoms with van der Waals surface area (Å²) >= 11 is 0. The predicted molar refractivity (Wildman–Crippen MR) is 86.0 cm³/mol. The lowest BCUT2D eigenvalue weighted by atomic mass is 10.0. The largest absolute Gasteiger partial charge is 0.497 e. The number of rotatable bonds is 2. The van der Waals surface area contributed by atoms with Crippen molar-refractivity contribution >= 4 is 10.8 Å². The van der Waals surface area contributed by atoms with Gasteiger partial charge in [0.25, 0.3) is 5.56 Å². The Balaban J connectivity index is 2.23. The number of methoxy groups -OCH3 is 1. The fraction of sp³-hybridized carbons (Fsp3) is 0.167. The number of nitrogens with one attached hydrogen (secondary N) is 1. The molecule has 21 heavy (non-hydrogen) atoms. The molecule has 3 rings (SSSR count). The number of ether oxygens (including phenoxy) is 1. The van der Waals surface area contributed by atoms with Gasteiger partial charge < -0.3 is 9.72 Å². The van der Waals surface area contributed by atoms with Crippen molar-refractivity contribution in [3.63, 3.8) is 0 Å². The first-order valence-electron chi connectivity index (χ1n) is 6.87. The van der Waals surface area contributed by atoms with Gasteiger partial charge in [0, 0.05) is 16.6 Å². The number of hydrogen-bond donors (Lipinski definition) is 1. The molecule has 0 aliphatic carbocycles. The Morgan fingerprint density at radius 3 is 2.52 bits per heavy atom. The first-order valence-corrected chi connectivity index (χ1v) is 6.87. The standard InChI is InChI=1S/C18H17NO2/c1-11-4-6-16-13(8-11)10-17(19-18(16)20)15-7-5-14(21-3)9-12(15)2/h4-10H,1-3H3,(H,19,20). The van der Waals surface area contributed by atoms with Gasteiger partial charge in [-0.1, -0.05) is 17.7 Å². The highest BCUT2D eigenvalue weighted by atomic mass is 16.5. The zero-order valence-electron chi connectivity index (χ0n) is 12.4. The van der Waals surface area contributed by atoms with Crippen molar-refractivity contribution in [1.82, 2.24) is 4.98 Å². The average Bonchev–Trinajstić information content (AvgIpc) is 2.46. The van der Waals surface area contributed by atoms with E-state index in [0.29, 0.717) is 0 Å². The van der Waals surface area contributed by atoms with E-state index in [1.807, 2.05) is 56.3 Å². The molecule has 0 atom stereocenters. The van der Waals surface area contributed by atoms with Crippen molar-refractivity contribution in [2.24, 2.45) is 0 Å². The molecule has 0 amide bonds. The number of fused-ring (bicyclic) bond motifs is 1. The lowest BCUT2D eigenvalue weighted by Gasteiger charge is -2.09. The van der Waals surface area contributed by atoms with E-state index in [-0.39, 0.29) is 5.56 Å². The van der Waals surface area contributed by atoms with Gasteiger partial charge in [-0.15, -0.1) is 0 Å². The molecule has 1 heterocycles. The van der Waals surface area contributed by atoms with E-state index in [1.54, 1.807) is 7.11 Å². The summed E-state index contributed by atoms with van der Waals surface area (Å²) in [5.74, 6) is 0.815. The number of aromatic nitrogens is 1. The van der Waals surface area contributed by atoms with Crippen LogP contribution in [-0.2, 0) is 0 Å². The minimum atomic E-state index is -0.0577. The summed E-state index contributed by atoms with van der Waals surface area (Å²) in [4.78, 5) is 15.2. The van der Waals surface area contributed by atoms with E-state index >= 15 is 0 Å². The first-order chi connectivity index (χ1) is 10.1. The van der Waals surface area contributed by atoms with Gasteiger partial charge in [-0.05, 0) is 55.1 Å². The summed E-state index contributed by atoms with van der Waals surface area (Å²) in [6.45, 7) is 4.04. The smallest absolute Gasteiger partial charge is 0.256 e. The minimum absolute atomic E-state index is 0.0577. The van der Waals surface area contributed by atoms with Crippen LogP contribution in [0.5, 0.6) is 5.75 Å². The van der Waals surface area contributed by atoms with Crippen LogP contribution in [0.2, 0.25) is 0 Å². The first kappa shape index (κ1) is 13.4. The van der Waals surface area contributed by atoms with Crippen LogP contribution in [0, 0.1) is 13.8 Å². The number of hydrogen-bond acceptors (Lipinski definition) is 2. The zero-order valence-corrected chi connectivity index (χ0v) is 12.4. The summed E-state index contributed by atoms with van der Waals surface area (Å²) in [6.07, 6.45) is 0. The number of benzene rings is 2. The van der Waals surface area contributed by atoms with Crippen molar-refractivity contribution in [1.29, 1.82) is 0 Å². The van der Waals surface area contributed by atoms with Crippen molar-refractivity contribution in [2.45, 2.75) is 13.8 Å². The molecule has 0 spiro atoms. The second-order valence-electron chi connectivity index (χ2n) is 5.28. The molecule has 0 fully saturated rings. The zero-order chi connectivity index (χ0) is 15.0. The summed E-state index contributed by atoms with van der Waals surface area (Å²) in [5.41, 5.74) is 4.00. The molecule has 2 aromatic carbocycles. The molecule has 106 valence electrons. The summed E-state index contributed by atoms with van der Waals surface area (Å²) in [7, 11) is 1.65. The van der Waals surface area contributed by atoms with Gasteiger partial charge in [0.15, 0.2) is 0 Å². The van der Waals surface area contributed by atoms with E-state index in [2.05, 4.69) is 4.98 Å². The van der Waals surface area contributed by atoms with Gasteiger partial charge in [0.2, 0.25) is 0 Å². The number of pyridine rings is 1. The third-order valence-corrected chi connectivity index (χ3v) is 3.72. The highest BCUT2D eigenvalue weighted by molar-refractivity contribution is 5.86. The Morgan fingerprint density at radius 2 is 1.81 bits per heavy atom. The van der Waals surface area contributed by atoms with Crippen LogP contribution < -0.4 is 10.3 Å². The molecular formula is C18H17NO2. The van der Waals surface area contributed by atoms with E-state index in [0.717, 1.165) is 38.9 Å². The highest BCUT2D eigenvalue weighted by Gasteiger charge is 2.07. The molecular weight excluding hydrogens is 262 g/mol. The molecule has 0 saturated carbocycles. The second kappa shape index (κ2) is 5.09. The van der Waals surface area contributed by atoms with E-state index < -0.39 is 0 Å². The van der Waals surface area contributed by atoms with Crippen LogP contribution in [-0.4, -0.2) is 12.1 Å². The summed E-state index contributed by atoms with van der Waals surface area (Å²) < 4.78 is 5.22. The van der Waals surface area contributed by atoms with Crippen LogP contribution in [0.4, 0.5) is 0 Å². The van der Waals surface area contributed by atoms with Gasteiger partial charge in [-0.2, -0.15) is 0 Å². The molecule has 0 bridgehead atoms. The third kappa shape index (κ3) is 2.42. The Labute approximate surface area is 123 Å². The maximum Gasteiger partial charge on any atom is 0.256 e. The van der Waals surface area contributed by atoms with Crippen molar-refractivity contribution in [3.8, 4) is 17.0 Å². The van der Waals surface area contributed by atoms with Gasteiger partial charge in [0.05, 0.1) is 7.11 Å². The fourth-order valence-corrected chi connectivity index (χ4v) is 2.60. The fourth-order valence-electron chi connectivity index (χ4n) is 2.60. The molecule has 3 aromatic rings. The molecule has 0 saturated heterocycles. The quantitative estimate of drug-likeness (QED) is 0.775. The van der Waals surface area contributed by atoms with Gasteiger partial charge in [0.1, 0.15) is 5.75 Å². The van der Waals surface area contributed by atoms with Crippen LogP contribution in [0.1, 0.15) is 11.1 Å². The van der Waals surface area contributed by atoms with Gasteiger partial charge in [-0.3, -0.25) is 4.79 Å². The van der Waals surface area contributed by atoms with Crippen molar-refractivity contribution in [3.05, 3.63) is 63.9 Å². The lowest BCUT2D eigenvalue weighted by molar-refractivity contribution is 0.414. The summed E-state index contributed by atoms with van der Waals surface area (Å²) in [6, 6.07) is 13.7. The third-order valence-electron chi connectivity index (χ3n) is 3.72. The SMILES string of the molecule is COc1ccc(-c2cc3cc(C)ccc3c(=O)[nH]2)c(C)c1. The van der Waals surface area contributed by atoms with E-state index in [4.69, 9.17) is 4.74 Å². The number of H-pyrrole nitrogens is 1.